The van der Waals surface area contributed by atoms with E-state index in [1.165, 1.54) is 0 Å². The van der Waals surface area contributed by atoms with E-state index in [4.69, 9.17) is 0 Å². The van der Waals surface area contributed by atoms with Gasteiger partial charge in [-0.1, -0.05) is 34.1 Å². The highest BCUT2D eigenvalue weighted by molar-refractivity contribution is 9.10. The van der Waals surface area contributed by atoms with Crippen molar-refractivity contribution in [1.82, 2.24) is 14.8 Å². The summed E-state index contributed by atoms with van der Waals surface area (Å²) in [6.07, 6.45) is 2.19. The summed E-state index contributed by atoms with van der Waals surface area (Å²) in [5.74, 6) is 0.116. The topological polar surface area (TPSA) is 37.3 Å². The summed E-state index contributed by atoms with van der Waals surface area (Å²) < 4.78 is 3.03. The van der Waals surface area contributed by atoms with Crippen molar-refractivity contribution in [2.75, 3.05) is 20.1 Å². The van der Waals surface area contributed by atoms with Gasteiger partial charge in [0.1, 0.15) is 5.69 Å². The average Bonchev–Trinajstić information content (AvgIpc) is 2.96. The van der Waals surface area contributed by atoms with Crippen LogP contribution in [-0.4, -0.2) is 41.6 Å². The van der Waals surface area contributed by atoms with Gasteiger partial charge >= 0.3 is 0 Å². The number of piperidine rings is 1. The lowest BCUT2D eigenvalue weighted by molar-refractivity contribution is 0.0688. The second-order valence-electron chi connectivity index (χ2n) is 6.02. The van der Waals surface area contributed by atoms with E-state index in [0.717, 1.165) is 47.4 Å². The van der Waals surface area contributed by atoms with Gasteiger partial charge in [0.05, 0.1) is 0 Å². The van der Waals surface area contributed by atoms with Gasteiger partial charge in [0.25, 0.3) is 5.91 Å². The SMILES string of the molecule is CNC1CCCN(C(=O)c2ccc(-c3ccccc3Br)n2C)C1. The summed E-state index contributed by atoms with van der Waals surface area (Å²) in [4.78, 5) is 14.8. The Morgan fingerprint density at radius 1 is 1.26 bits per heavy atom. The van der Waals surface area contributed by atoms with E-state index in [1.807, 2.05) is 53.9 Å². The van der Waals surface area contributed by atoms with Gasteiger partial charge in [-0.3, -0.25) is 4.79 Å². The predicted molar refractivity (Wildman–Crippen MR) is 96.5 cm³/mol. The van der Waals surface area contributed by atoms with Crippen molar-refractivity contribution in [3.05, 3.63) is 46.6 Å². The predicted octanol–water partition coefficient (Wildman–Crippen LogP) is 3.28. The number of likely N-dealkylation sites (N-methyl/N-ethyl adjacent to an activating group) is 1. The maximum atomic E-state index is 12.9. The van der Waals surface area contributed by atoms with Crippen LogP contribution in [0.1, 0.15) is 23.3 Å². The first-order valence-corrected chi connectivity index (χ1v) is 8.78. The van der Waals surface area contributed by atoms with E-state index in [-0.39, 0.29) is 5.91 Å². The molecule has 2 heterocycles. The molecule has 5 heteroatoms. The molecule has 1 aliphatic heterocycles. The standard InChI is InChI=1S/C18H22BrN3O/c1-20-13-6-5-11-22(12-13)18(23)17-10-9-16(21(17)2)14-7-3-4-8-15(14)19/h3-4,7-10,13,20H,5-6,11-12H2,1-2H3. The van der Waals surface area contributed by atoms with Crippen molar-refractivity contribution < 1.29 is 4.79 Å². The minimum absolute atomic E-state index is 0.116. The lowest BCUT2D eigenvalue weighted by Crippen LogP contribution is -2.47. The van der Waals surface area contributed by atoms with Gasteiger partial charge in [0, 0.05) is 41.9 Å². The summed E-state index contributed by atoms with van der Waals surface area (Å²) in [5.41, 5.74) is 2.89. The number of benzene rings is 1. The quantitative estimate of drug-likeness (QED) is 0.893. The number of nitrogens with zero attached hydrogens (tertiary/aromatic N) is 2. The van der Waals surface area contributed by atoms with Crippen molar-refractivity contribution in [3.8, 4) is 11.3 Å². The molecule has 2 aromatic rings. The second-order valence-corrected chi connectivity index (χ2v) is 6.88. The highest BCUT2D eigenvalue weighted by Gasteiger charge is 2.25. The zero-order chi connectivity index (χ0) is 16.4. The average molecular weight is 376 g/mol. The van der Waals surface area contributed by atoms with Crippen LogP contribution in [0.2, 0.25) is 0 Å². The minimum atomic E-state index is 0.116. The number of halogens is 1. The fraction of sp³-hybridized carbons (Fsp3) is 0.389. The van der Waals surface area contributed by atoms with Crippen LogP contribution < -0.4 is 5.32 Å². The number of nitrogens with one attached hydrogen (secondary N) is 1. The van der Waals surface area contributed by atoms with Crippen LogP contribution in [0.4, 0.5) is 0 Å². The van der Waals surface area contributed by atoms with Gasteiger partial charge in [-0.15, -0.1) is 0 Å². The monoisotopic (exact) mass is 375 g/mol. The molecule has 0 bridgehead atoms. The molecule has 23 heavy (non-hydrogen) atoms. The van der Waals surface area contributed by atoms with E-state index in [2.05, 4.69) is 27.3 Å². The number of carbonyl (C=O) groups excluding carboxylic acids is 1. The highest BCUT2D eigenvalue weighted by atomic mass is 79.9. The summed E-state index contributed by atoms with van der Waals surface area (Å²) in [6, 6.07) is 12.4. The zero-order valence-electron chi connectivity index (χ0n) is 13.6. The first kappa shape index (κ1) is 16.3. The van der Waals surface area contributed by atoms with Gasteiger partial charge in [-0.05, 0) is 38.1 Å². The molecule has 1 aromatic heterocycles. The van der Waals surface area contributed by atoms with Crippen molar-refractivity contribution >= 4 is 21.8 Å². The second kappa shape index (κ2) is 6.89. The number of rotatable bonds is 3. The maximum Gasteiger partial charge on any atom is 0.270 e. The number of amides is 1. The summed E-state index contributed by atoms with van der Waals surface area (Å²) in [5, 5.41) is 3.29. The smallest absolute Gasteiger partial charge is 0.270 e. The van der Waals surface area contributed by atoms with Gasteiger partial charge in [-0.25, -0.2) is 0 Å². The van der Waals surface area contributed by atoms with Crippen molar-refractivity contribution in [2.24, 2.45) is 7.05 Å². The lowest BCUT2D eigenvalue weighted by atomic mass is 10.1. The first-order chi connectivity index (χ1) is 11.1. The maximum absolute atomic E-state index is 12.9. The molecule has 1 aliphatic rings. The fourth-order valence-electron chi connectivity index (χ4n) is 3.22. The molecular formula is C18H22BrN3O. The van der Waals surface area contributed by atoms with Crippen LogP contribution in [0.15, 0.2) is 40.9 Å². The van der Waals surface area contributed by atoms with Crippen LogP contribution in [0.25, 0.3) is 11.3 Å². The molecule has 0 radical (unpaired) electrons. The molecule has 1 aromatic carbocycles. The molecule has 1 amide bonds. The Morgan fingerprint density at radius 3 is 2.78 bits per heavy atom. The van der Waals surface area contributed by atoms with E-state index in [1.54, 1.807) is 0 Å². The van der Waals surface area contributed by atoms with Gasteiger partial charge in [0.15, 0.2) is 0 Å². The van der Waals surface area contributed by atoms with Crippen molar-refractivity contribution in [2.45, 2.75) is 18.9 Å². The van der Waals surface area contributed by atoms with Crippen LogP contribution in [0, 0.1) is 0 Å². The third-order valence-corrected chi connectivity index (χ3v) is 5.30. The van der Waals surface area contributed by atoms with E-state index < -0.39 is 0 Å². The lowest BCUT2D eigenvalue weighted by Gasteiger charge is -2.32. The Kier molecular flexibility index (Phi) is 4.87. The summed E-state index contributed by atoms with van der Waals surface area (Å²) >= 11 is 3.59. The molecule has 0 aliphatic carbocycles. The van der Waals surface area contributed by atoms with Crippen LogP contribution in [-0.2, 0) is 7.05 Å². The number of likely N-dealkylation sites (tertiary alicyclic amines) is 1. The number of carbonyl (C=O) groups is 1. The van der Waals surface area contributed by atoms with Crippen molar-refractivity contribution in [1.29, 1.82) is 0 Å². The largest absolute Gasteiger partial charge is 0.340 e. The van der Waals surface area contributed by atoms with Crippen LogP contribution >= 0.6 is 15.9 Å². The van der Waals surface area contributed by atoms with Gasteiger partial charge in [0.2, 0.25) is 0 Å². The third-order valence-electron chi connectivity index (χ3n) is 4.61. The Bertz CT molecular complexity index is 710. The fourth-order valence-corrected chi connectivity index (χ4v) is 3.71. The molecule has 1 fully saturated rings. The molecule has 1 N–H and O–H groups in total. The first-order valence-electron chi connectivity index (χ1n) is 7.99. The molecular weight excluding hydrogens is 354 g/mol. The Labute approximate surface area is 145 Å². The van der Waals surface area contributed by atoms with Crippen molar-refractivity contribution in [3.63, 3.8) is 0 Å². The van der Waals surface area contributed by atoms with Gasteiger partial charge < -0.3 is 14.8 Å². The molecule has 1 atom stereocenters. The molecule has 0 spiro atoms. The van der Waals surface area contributed by atoms with E-state index >= 15 is 0 Å². The summed E-state index contributed by atoms with van der Waals surface area (Å²) in [7, 11) is 3.92. The van der Waals surface area contributed by atoms with Crippen LogP contribution in [0.3, 0.4) is 0 Å². The third kappa shape index (κ3) is 3.21. The molecule has 0 saturated carbocycles. The zero-order valence-corrected chi connectivity index (χ0v) is 15.1. The van der Waals surface area contributed by atoms with Gasteiger partial charge in [-0.2, -0.15) is 0 Å². The molecule has 1 unspecified atom stereocenters. The molecule has 3 rings (SSSR count). The Hall–Kier alpha value is -1.59. The molecule has 1 saturated heterocycles. The number of aromatic nitrogens is 1. The highest BCUT2D eigenvalue weighted by Crippen LogP contribution is 2.29. The summed E-state index contributed by atoms with van der Waals surface area (Å²) in [6.45, 7) is 1.62. The Balaban J connectivity index is 1.87. The number of hydrogen-bond donors (Lipinski definition) is 1. The van der Waals surface area contributed by atoms with Crippen LogP contribution in [0.5, 0.6) is 0 Å². The normalized spacial score (nSPS) is 18.2. The molecule has 4 nitrogen and oxygen atoms in total. The van der Waals surface area contributed by atoms with E-state index in [0.29, 0.717) is 6.04 Å². The number of hydrogen-bond acceptors (Lipinski definition) is 2. The Morgan fingerprint density at radius 2 is 2.04 bits per heavy atom. The minimum Gasteiger partial charge on any atom is -0.340 e. The molecule has 122 valence electrons. The van der Waals surface area contributed by atoms with E-state index in [9.17, 15) is 4.79 Å².